The fraction of sp³-hybridized carbons (Fsp3) is 0.562. The monoisotopic (exact) mass is 275 g/mol. The van der Waals surface area contributed by atoms with Crippen molar-refractivity contribution in [2.75, 3.05) is 11.9 Å². The first-order valence-corrected chi connectivity index (χ1v) is 7.33. The number of benzene rings is 1. The molecule has 3 N–H and O–H groups in total. The summed E-state index contributed by atoms with van der Waals surface area (Å²) in [5, 5.41) is 9.23. The molecular weight excluding hydrogens is 250 g/mol. The van der Waals surface area contributed by atoms with Crippen molar-refractivity contribution in [3.8, 4) is 0 Å². The number of rotatable bonds is 5. The Morgan fingerprint density at radius 2 is 1.95 bits per heavy atom. The molecule has 1 fully saturated rings. The molecule has 110 valence electrons. The molecule has 2 unspecified atom stereocenters. The number of hydrogen-bond acceptors (Lipinski definition) is 2. The molecule has 1 saturated carbocycles. The molecule has 2 amide bonds. The molecule has 0 aromatic heterocycles. The van der Waals surface area contributed by atoms with E-state index in [0.29, 0.717) is 12.1 Å². The fourth-order valence-electron chi connectivity index (χ4n) is 2.32. The van der Waals surface area contributed by atoms with Crippen molar-refractivity contribution in [1.82, 2.24) is 10.6 Å². The van der Waals surface area contributed by atoms with Gasteiger partial charge in [-0.15, -0.1) is 0 Å². The van der Waals surface area contributed by atoms with Crippen LogP contribution in [0.1, 0.15) is 45.7 Å². The Morgan fingerprint density at radius 1 is 1.35 bits per heavy atom. The van der Waals surface area contributed by atoms with Gasteiger partial charge in [0, 0.05) is 17.8 Å². The maximum atomic E-state index is 11.8. The molecule has 0 bridgehead atoms. The first kappa shape index (κ1) is 14.9. The molecule has 4 nitrogen and oxygen atoms in total. The van der Waals surface area contributed by atoms with Gasteiger partial charge in [0.25, 0.3) is 0 Å². The third-order valence-corrected chi connectivity index (χ3v) is 4.00. The Labute approximate surface area is 121 Å². The van der Waals surface area contributed by atoms with Crippen molar-refractivity contribution in [3.63, 3.8) is 0 Å². The second-order valence-electron chi connectivity index (χ2n) is 6.25. The normalized spacial score (nSPS) is 21.1. The second kappa shape index (κ2) is 5.83. The zero-order valence-electron chi connectivity index (χ0n) is 12.8. The minimum absolute atomic E-state index is 0.118. The van der Waals surface area contributed by atoms with Crippen molar-refractivity contribution in [3.05, 3.63) is 29.8 Å². The third-order valence-electron chi connectivity index (χ3n) is 4.00. The van der Waals surface area contributed by atoms with Gasteiger partial charge in [-0.3, -0.25) is 0 Å². The Morgan fingerprint density at radius 3 is 2.45 bits per heavy atom. The first-order chi connectivity index (χ1) is 9.42. The van der Waals surface area contributed by atoms with Crippen molar-refractivity contribution in [2.45, 2.75) is 46.2 Å². The summed E-state index contributed by atoms with van der Waals surface area (Å²) in [4.78, 5) is 11.8. The molecule has 0 aliphatic heterocycles. The second-order valence-corrected chi connectivity index (χ2v) is 6.25. The van der Waals surface area contributed by atoms with E-state index in [1.165, 1.54) is 5.56 Å². The van der Waals surface area contributed by atoms with E-state index >= 15 is 0 Å². The van der Waals surface area contributed by atoms with Crippen LogP contribution in [0.3, 0.4) is 0 Å². The molecule has 1 aromatic carbocycles. The third kappa shape index (κ3) is 3.73. The molecule has 1 aromatic rings. The Hall–Kier alpha value is -1.55. The smallest absolute Gasteiger partial charge is 0.319 e. The van der Waals surface area contributed by atoms with Gasteiger partial charge in [0.2, 0.25) is 0 Å². The lowest BCUT2D eigenvalue weighted by molar-refractivity contribution is 0.250. The van der Waals surface area contributed by atoms with Gasteiger partial charge in [-0.2, -0.15) is 0 Å². The fourth-order valence-corrected chi connectivity index (χ4v) is 2.32. The molecule has 1 aliphatic rings. The molecule has 0 saturated heterocycles. The van der Waals surface area contributed by atoms with E-state index in [4.69, 9.17) is 0 Å². The first-order valence-electron chi connectivity index (χ1n) is 7.33. The summed E-state index contributed by atoms with van der Waals surface area (Å²) in [6, 6.07) is 8.49. The number of carbonyl (C=O) groups is 1. The van der Waals surface area contributed by atoms with E-state index in [9.17, 15) is 4.79 Å². The van der Waals surface area contributed by atoms with Crippen LogP contribution in [0.5, 0.6) is 0 Å². The van der Waals surface area contributed by atoms with Crippen molar-refractivity contribution >= 4 is 11.7 Å². The van der Waals surface area contributed by atoms with Crippen LogP contribution < -0.4 is 16.0 Å². The van der Waals surface area contributed by atoms with Crippen LogP contribution in [0, 0.1) is 5.41 Å². The minimum Gasteiger partial charge on any atom is -0.335 e. The average Bonchev–Trinajstić information content (AvgIpc) is 2.97. The van der Waals surface area contributed by atoms with Crippen molar-refractivity contribution in [2.24, 2.45) is 5.41 Å². The van der Waals surface area contributed by atoms with Crippen molar-refractivity contribution in [1.29, 1.82) is 0 Å². The van der Waals surface area contributed by atoms with Gasteiger partial charge < -0.3 is 16.0 Å². The summed E-state index contributed by atoms with van der Waals surface area (Å²) < 4.78 is 0. The van der Waals surface area contributed by atoms with E-state index in [2.05, 4.69) is 43.6 Å². The van der Waals surface area contributed by atoms with Crippen LogP contribution in [-0.2, 0) is 0 Å². The highest BCUT2D eigenvalue weighted by Crippen LogP contribution is 2.44. The molecule has 1 aliphatic carbocycles. The average molecular weight is 275 g/mol. The van der Waals surface area contributed by atoms with E-state index < -0.39 is 0 Å². The minimum atomic E-state index is -0.118. The summed E-state index contributed by atoms with van der Waals surface area (Å²) in [6.07, 6.45) is 1.06. The number of carbonyl (C=O) groups excluding carboxylic acids is 1. The van der Waals surface area contributed by atoms with Gasteiger partial charge in [-0.25, -0.2) is 4.79 Å². The quantitative estimate of drug-likeness (QED) is 0.772. The van der Waals surface area contributed by atoms with Crippen LogP contribution in [0.25, 0.3) is 0 Å². The summed E-state index contributed by atoms with van der Waals surface area (Å²) in [7, 11) is 0. The number of amides is 2. The maximum absolute atomic E-state index is 11.8. The van der Waals surface area contributed by atoms with E-state index in [1.54, 1.807) is 0 Å². The van der Waals surface area contributed by atoms with Crippen molar-refractivity contribution < 1.29 is 4.79 Å². The highest BCUT2D eigenvalue weighted by Gasteiger charge is 2.46. The number of nitrogens with one attached hydrogen (secondary N) is 3. The highest BCUT2D eigenvalue weighted by atomic mass is 16.2. The summed E-state index contributed by atoms with van der Waals surface area (Å²) in [6.45, 7) is 9.49. The summed E-state index contributed by atoms with van der Waals surface area (Å²) in [5.41, 5.74) is 2.30. The van der Waals surface area contributed by atoms with Crippen LogP contribution >= 0.6 is 0 Å². The Kier molecular flexibility index (Phi) is 4.33. The molecule has 0 radical (unpaired) electrons. The van der Waals surface area contributed by atoms with Gasteiger partial charge in [0.1, 0.15) is 0 Å². The molecule has 0 spiro atoms. The maximum Gasteiger partial charge on any atom is 0.319 e. The predicted octanol–water partition coefficient (Wildman–Crippen LogP) is 3.28. The van der Waals surface area contributed by atoms with E-state index in [0.717, 1.165) is 18.7 Å². The Bertz CT molecular complexity index is 467. The van der Waals surface area contributed by atoms with Crippen LogP contribution in [0.15, 0.2) is 24.3 Å². The van der Waals surface area contributed by atoms with Crippen LogP contribution in [0.4, 0.5) is 10.5 Å². The number of anilines is 1. The highest BCUT2D eigenvalue weighted by molar-refractivity contribution is 5.89. The molecule has 2 atom stereocenters. The summed E-state index contributed by atoms with van der Waals surface area (Å²) in [5.74, 6) is 0. The zero-order chi connectivity index (χ0) is 14.8. The molecule has 20 heavy (non-hydrogen) atoms. The van der Waals surface area contributed by atoms with Gasteiger partial charge >= 0.3 is 6.03 Å². The number of hydrogen-bond donors (Lipinski definition) is 3. The lowest BCUT2D eigenvalue weighted by Crippen LogP contribution is -2.32. The largest absolute Gasteiger partial charge is 0.335 e. The lowest BCUT2D eigenvalue weighted by atomic mass is 10.1. The van der Waals surface area contributed by atoms with Gasteiger partial charge in [-0.05, 0) is 43.0 Å². The van der Waals surface area contributed by atoms with Crippen LogP contribution in [-0.4, -0.2) is 18.6 Å². The van der Waals surface area contributed by atoms with Gasteiger partial charge in [0.05, 0.1) is 0 Å². The summed E-state index contributed by atoms with van der Waals surface area (Å²) >= 11 is 0. The molecule has 0 heterocycles. The standard InChI is InChI=1S/C16H25N3O/c1-5-17-11(2)12-6-8-13(9-7-12)18-15(20)19-14-10-16(14,3)4/h6-9,11,14,17H,5,10H2,1-4H3,(H2,18,19,20). The molecular formula is C16H25N3O. The van der Waals surface area contributed by atoms with E-state index in [-0.39, 0.29) is 11.4 Å². The van der Waals surface area contributed by atoms with Crippen LogP contribution in [0.2, 0.25) is 0 Å². The Balaban J connectivity index is 1.86. The van der Waals surface area contributed by atoms with Gasteiger partial charge in [0.15, 0.2) is 0 Å². The SMILES string of the molecule is CCNC(C)c1ccc(NC(=O)NC2CC2(C)C)cc1. The topological polar surface area (TPSA) is 53.2 Å². The predicted molar refractivity (Wildman–Crippen MR) is 82.9 cm³/mol. The van der Waals surface area contributed by atoms with E-state index in [1.807, 2.05) is 24.3 Å². The molecule has 2 rings (SSSR count). The van der Waals surface area contributed by atoms with Gasteiger partial charge in [-0.1, -0.05) is 32.9 Å². The lowest BCUT2D eigenvalue weighted by Gasteiger charge is -2.14. The molecule has 4 heteroatoms. The number of urea groups is 1. The zero-order valence-corrected chi connectivity index (χ0v) is 12.8.